The van der Waals surface area contributed by atoms with Gasteiger partial charge >= 0.3 is 0 Å². The van der Waals surface area contributed by atoms with E-state index in [1.807, 2.05) is 6.08 Å². The molecular weight excluding hydrogens is 160 g/mol. The Labute approximate surface area is 68.7 Å². The molecule has 1 aliphatic carbocycles. The van der Waals surface area contributed by atoms with Gasteiger partial charge in [0.1, 0.15) is 0 Å². The third-order valence-corrected chi connectivity index (χ3v) is 1.82. The summed E-state index contributed by atoms with van der Waals surface area (Å²) in [4.78, 5) is 12.4. The van der Waals surface area contributed by atoms with Crippen LogP contribution in [0.25, 0.3) is 10.4 Å². The molecule has 0 saturated heterocycles. The molecule has 0 N–H and O–H groups in total. The Morgan fingerprint density at radius 2 is 2.58 bits per heavy atom. The maximum Gasteiger partial charge on any atom is 0.207 e. The fraction of sp³-hybridized carbons (Fsp3) is 0.667. The van der Waals surface area contributed by atoms with E-state index in [9.17, 15) is 10.1 Å². The van der Waals surface area contributed by atoms with Crippen molar-refractivity contribution in [3.63, 3.8) is 0 Å². The molecule has 1 rings (SSSR count). The van der Waals surface area contributed by atoms with E-state index >= 15 is 0 Å². The van der Waals surface area contributed by atoms with Crippen LogP contribution in [0.1, 0.15) is 6.42 Å². The number of hydrogen-bond acceptors (Lipinski definition) is 3. The summed E-state index contributed by atoms with van der Waals surface area (Å²) in [5.41, 5.74) is 8.13. The first-order valence-electron chi connectivity index (χ1n) is 3.56. The Bertz CT molecular complexity index is 256. The highest BCUT2D eigenvalue weighted by molar-refractivity contribution is 5.05. The van der Waals surface area contributed by atoms with E-state index in [1.54, 1.807) is 6.08 Å². The molecule has 6 heteroatoms. The number of nitrogens with zero attached hydrogens (tertiary/aromatic N) is 4. The van der Waals surface area contributed by atoms with Crippen molar-refractivity contribution >= 4 is 0 Å². The van der Waals surface area contributed by atoms with Gasteiger partial charge in [0.2, 0.25) is 6.54 Å². The molecule has 0 spiro atoms. The van der Waals surface area contributed by atoms with Crippen LogP contribution in [-0.2, 0) is 0 Å². The lowest BCUT2D eigenvalue weighted by Gasteiger charge is -2.08. The van der Waals surface area contributed by atoms with E-state index in [1.165, 1.54) is 0 Å². The Morgan fingerprint density at radius 3 is 3.17 bits per heavy atom. The normalized spacial score (nSPS) is 26.7. The topological polar surface area (TPSA) is 91.9 Å². The van der Waals surface area contributed by atoms with Gasteiger partial charge < -0.3 is 0 Å². The molecule has 0 unspecified atom stereocenters. The van der Waals surface area contributed by atoms with E-state index in [0.717, 1.165) is 0 Å². The lowest BCUT2D eigenvalue weighted by Crippen LogP contribution is -2.20. The minimum atomic E-state index is -0.377. The monoisotopic (exact) mass is 168 g/mol. The summed E-state index contributed by atoms with van der Waals surface area (Å²) in [6, 6.07) is -0.333. The van der Waals surface area contributed by atoms with Crippen molar-refractivity contribution in [2.75, 3.05) is 6.54 Å². The zero-order valence-corrected chi connectivity index (χ0v) is 6.33. The summed E-state index contributed by atoms with van der Waals surface area (Å²) >= 11 is 0. The van der Waals surface area contributed by atoms with Gasteiger partial charge in [-0.3, -0.25) is 10.1 Å². The van der Waals surface area contributed by atoms with Gasteiger partial charge in [-0.05, 0) is 12.0 Å². The summed E-state index contributed by atoms with van der Waals surface area (Å²) < 4.78 is 0. The highest BCUT2D eigenvalue weighted by Gasteiger charge is 2.25. The third-order valence-electron chi connectivity index (χ3n) is 1.82. The molecule has 0 aromatic heterocycles. The first-order chi connectivity index (χ1) is 5.74. The molecule has 0 saturated carbocycles. The lowest BCUT2D eigenvalue weighted by molar-refractivity contribution is -0.488. The number of allylic oxidation sites excluding steroid dienone is 1. The zero-order valence-electron chi connectivity index (χ0n) is 6.33. The molecule has 0 aliphatic heterocycles. The molecule has 6 nitrogen and oxygen atoms in total. The third kappa shape index (κ3) is 1.96. The smallest absolute Gasteiger partial charge is 0.207 e. The Balaban J connectivity index is 2.55. The first kappa shape index (κ1) is 8.55. The molecule has 0 bridgehead atoms. The van der Waals surface area contributed by atoms with Crippen molar-refractivity contribution in [2.45, 2.75) is 12.5 Å². The minimum Gasteiger partial charge on any atom is -0.265 e. The van der Waals surface area contributed by atoms with Gasteiger partial charge in [-0.25, -0.2) is 0 Å². The van der Waals surface area contributed by atoms with Crippen molar-refractivity contribution in [1.82, 2.24) is 0 Å². The van der Waals surface area contributed by atoms with Gasteiger partial charge in [0.05, 0.1) is 6.04 Å². The summed E-state index contributed by atoms with van der Waals surface area (Å²) in [6.07, 6.45) is 4.16. The second kappa shape index (κ2) is 3.73. The Kier molecular flexibility index (Phi) is 2.66. The largest absolute Gasteiger partial charge is 0.265 e. The molecule has 1 aliphatic rings. The van der Waals surface area contributed by atoms with Gasteiger partial charge in [-0.15, -0.1) is 0 Å². The van der Waals surface area contributed by atoms with Gasteiger partial charge in [-0.2, -0.15) is 0 Å². The summed E-state index contributed by atoms with van der Waals surface area (Å²) in [6.45, 7) is -0.128. The van der Waals surface area contributed by atoms with Crippen LogP contribution in [0.5, 0.6) is 0 Å². The Hall–Kier alpha value is -1.55. The highest BCUT2D eigenvalue weighted by atomic mass is 16.6. The predicted molar refractivity (Wildman–Crippen MR) is 42.0 cm³/mol. The summed E-state index contributed by atoms with van der Waals surface area (Å²) in [7, 11) is 0. The van der Waals surface area contributed by atoms with Gasteiger partial charge in [0.15, 0.2) is 0 Å². The second-order valence-electron chi connectivity index (χ2n) is 2.63. The van der Waals surface area contributed by atoms with E-state index in [2.05, 4.69) is 10.0 Å². The lowest BCUT2D eigenvalue weighted by atomic mass is 10.0. The average molecular weight is 168 g/mol. The quantitative estimate of drug-likeness (QED) is 0.159. The van der Waals surface area contributed by atoms with Crippen molar-refractivity contribution < 1.29 is 4.92 Å². The van der Waals surface area contributed by atoms with Crippen LogP contribution < -0.4 is 0 Å². The molecule has 0 aromatic rings. The van der Waals surface area contributed by atoms with Gasteiger partial charge in [0, 0.05) is 15.8 Å². The van der Waals surface area contributed by atoms with Crippen LogP contribution in [-0.4, -0.2) is 17.5 Å². The molecule has 0 heterocycles. The predicted octanol–water partition coefficient (Wildman–Crippen LogP) is 1.52. The molecule has 0 radical (unpaired) electrons. The fourth-order valence-corrected chi connectivity index (χ4v) is 1.26. The number of nitro groups is 1. The number of azide groups is 1. The van der Waals surface area contributed by atoms with E-state index in [4.69, 9.17) is 5.53 Å². The van der Waals surface area contributed by atoms with Crippen molar-refractivity contribution in [3.05, 3.63) is 32.7 Å². The standard InChI is InChI=1S/C6H8N4O2/c7-9-8-6-3-1-2-5(6)4-10(11)12/h1,3,5-6H,2,4H2/t5-,6-/m1/s1. The van der Waals surface area contributed by atoms with E-state index in [-0.39, 0.29) is 23.4 Å². The maximum absolute atomic E-state index is 10.1. The van der Waals surface area contributed by atoms with Crippen molar-refractivity contribution in [2.24, 2.45) is 11.0 Å². The molecule has 0 aromatic carbocycles. The maximum atomic E-state index is 10.1. The van der Waals surface area contributed by atoms with Crippen LogP contribution in [0.15, 0.2) is 17.3 Å². The minimum absolute atomic E-state index is 0.128. The summed E-state index contributed by atoms with van der Waals surface area (Å²) in [5.74, 6) is -0.157. The van der Waals surface area contributed by atoms with E-state index in [0.29, 0.717) is 6.42 Å². The molecule has 12 heavy (non-hydrogen) atoms. The fourth-order valence-electron chi connectivity index (χ4n) is 1.26. The molecule has 0 fully saturated rings. The molecule has 64 valence electrons. The van der Waals surface area contributed by atoms with Crippen molar-refractivity contribution in [1.29, 1.82) is 0 Å². The Morgan fingerprint density at radius 1 is 1.83 bits per heavy atom. The summed E-state index contributed by atoms with van der Waals surface area (Å²) in [5, 5.41) is 13.6. The van der Waals surface area contributed by atoms with Crippen LogP contribution in [0.3, 0.4) is 0 Å². The number of hydrogen-bond donors (Lipinski definition) is 0. The highest BCUT2D eigenvalue weighted by Crippen LogP contribution is 2.21. The number of rotatable bonds is 3. The molecule has 0 amide bonds. The van der Waals surface area contributed by atoms with Crippen LogP contribution >= 0.6 is 0 Å². The zero-order chi connectivity index (χ0) is 8.97. The molecular formula is C6H8N4O2. The van der Waals surface area contributed by atoms with Gasteiger partial charge in [0.25, 0.3) is 0 Å². The second-order valence-corrected chi connectivity index (χ2v) is 2.63. The van der Waals surface area contributed by atoms with Crippen molar-refractivity contribution in [3.8, 4) is 0 Å². The molecule has 2 atom stereocenters. The van der Waals surface area contributed by atoms with Crippen LogP contribution in [0.2, 0.25) is 0 Å². The average Bonchev–Trinajstić information content (AvgIpc) is 2.37. The first-order valence-corrected chi connectivity index (χ1v) is 3.56. The van der Waals surface area contributed by atoms with Crippen LogP contribution in [0.4, 0.5) is 0 Å². The van der Waals surface area contributed by atoms with Gasteiger partial charge in [-0.1, -0.05) is 17.3 Å². The van der Waals surface area contributed by atoms with Crippen LogP contribution in [0, 0.1) is 16.0 Å². The SMILES string of the molecule is [N-]=[N+]=N[C@@H]1C=CC[C@@H]1C[N+](=O)[O-]. The van der Waals surface area contributed by atoms with E-state index < -0.39 is 0 Å².